The second-order valence-corrected chi connectivity index (χ2v) is 5.92. The molecular weight excluding hydrogens is 359 g/mol. The van der Waals surface area contributed by atoms with Crippen molar-refractivity contribution in [1.82, 2.24) is 0 Å². The number of nitrogens with zero attached hydrogens (tertiary/aromatic N) is 2. The van der Waals surface area contributed by atoms with Crippen molar-refractivity contribution >= 4 is 17.3 Å². The van der Waals surface area contributed by atoms with E-state index >= 15 is 0 Å². The molecule has 0 aliphatic heterocycles. The number of nitriles is 1. The first kappa shape index (κ1) is 18.8. The predicted octanol–water partition coefficient (Wildman–Crippen LogP) is 5.38. The first-order valence-corrected chi connectivity index (χ1v) is 8.40. The molecule has 0 radical (unpaired) electrons. The highest BCUT2D eigenvalue weighted by molar-refractivity contribution is 5.89. The third-order valence-electron chi connectivity index (χ3n) is 4.05. The van der Waals surface area contributed by atoms with Gasteiger partial charge in [0.25, 0.3) is 5.69 Å². The van der Waals surface area contributed by atoms with Crippen LogP contribution in [-0.4, -0.2) is 4.92 Å². The molecule has 0 unspecified atom stereocenters. The maximum atomic E-state index is 13.6. The number of non-ortho nitro benzene ring substituents is 1. The Kier molecular flexibility index (Phi) is 5.78. The van der Waals surface area contributed by atoms with Crippen molar-refractivity contribution in [2.45, 2.75) is 6.61 Å². The molecule has 0 atom stereocenters. The Bertz CT molecular complexity index is 1050. The lowest BCUT2D eigenvalue weighted by Gasteiger charge is -2.07. The largest absolute Gasteiger partial charge is 0.489 e. The number of nitro benzene ring substituents is 1. The molecule has 0 saturated heterocycles. The average molecular weight is 374 g/mol. The number of hydrogen-bond acceptors (Lipinski definition) is 4. The molecule has 5 nitrogen and oxygen atoms in total. The molecule has 138 valence electrons. The van der Waals surface area contributed by atoms with E-state index in [1.54, 1.807) is 60.7 Å². The van der Waals surface area contributed by atoms with E-state index < -0.39 is 4.92 Å². The topological polar surface area (TPSA) is 76.2 Å². The zero-order valence-electron chi connectivity index (χ0n) is 14.7. The summed E-state index contributed by atoms with van der Waals surface area (Å²) >= 11 is 0. The van der Waals surface area contributed by atoms with Crippen LogP contribution >= 0.6 is 0 Å². The minimum absolute atomic E-state index is 0.0302. The average Bonchev–Trinajstić information content (AvgIpc) is 2.72. The third-order valence-corrected chi connectivity index (χ3v) is 4.05. The fourth-order valence-corrected chi connectivity index (χ4v) is 2.55. The first-order chi connectivity index (χ1) is 13.6. The highest BCUT2D eigenvalue weighted by Crippen LogP contribution is 2.22. The van der Waals surface area contributed by atoms with Gasteiger partial charge in [-0.05, 0) is 47.5 Å². The van der Waals surface area contributed by atoms with Crippen molar-refractivity contribution in [3.05, 3.63) is 105 Å². The van der Waals surface area contributed by atoms with E-state index in [2.05, 4.69) is 6.07 Å². The Labute approximate surface area is 161 Å². The third kappa shape index (κ3) is 4.59. The summed E-state index contributed by atoms with van der Waals surface area (Å²) in [5.74, 6) is 0.262. The van der Waals surface area contributed by atoms with Gasteiger partial charge in [-0.15, -0.1) is 0 Å². The minimum atomic E-state index is -0.487. The maximum Gasteiger partial charge on any atom is 0.269 e. The molecule has 0 bridgehead atoms. The summed E-state index contributed by atoms with van der Waals surface area (Å²) in [6, 6.07) is 21.3. The molecule has 0 amide bonds. The molecule has 0 saturated carbocycles. The van der Waals surface area contributed by atoms with Crippen LogP contribution in [-0.2, 0) is 6.61 Å². The Morgan fingerprint density at radius 2 is 1.75 bits per heavy atom. The highest BCUT2D eigenvalue weighted by Gasteiger charge is 2.07. The van der Waals surface area contributed by atoms with Crippen LogP contribution in [0.2, 0.25) is 0 Å². The number of halogens is 1. The van der Waals surface area contributed by atoms with Crippen LogP contribution in [0, 0.1) is 27.3 Å². The molecule has 0 aliphatic carbocycles. The zero-order valence-corrected chi connectivity index (χ0v) is 14.7. The van der Waals surface area contributed by atoms with Crippen molar-refractivity contribution in [2.75, 3.05) is 0 Å². The lowest BCUT2D eigenvalue weighted by molar-refractivity contribution is -0.384. The molecule has 3 aromatic rings. The van der Waals surface area contributed by atoms with Crippen LogP contribution in [0.15, 0.2) is 72.8 Å². The molecule has 0 heterocycles. The minimum Gasteiger partial charge on any atom is -0.489 e. The van der Waals surface area contributed by atoms with Crippen molar-refractivity contribution in [1.29, 1.82) is 5.26 Å². The van der Waals surface area contributed by atoms with Crippen LogP contribution in [0.5, 0.6) is 5.75 Å². The summed E-state index contributed by atoms with van der Waals surface area (Å²) < 4.78 is 19.2. The number of allylic oxidation sites excluding steroid dienone is 1. The molecule has 0 spiro atoms. The summed E-state index contributed by atoms with van der Waals surface area (Å²) in [5, 5.41) is 20.1. The van der Waals surface area contributed by atoms with Crippen molar-refractivity contribution in [2.24, 2.45) is 0 Å². The van der Waals surface area contributed by atoms with Crippen LogP contribution in [0.4, 0.5) is 10.1 Å². The second-order valence-electron chi connectivity index (χ2n) is 5.92. The number of hydrogen-bond donors (Lipinski definition) is 0. The smallest absolute Gasteiger partial charge is 0.269 e. The Morgan fingerprint density at radius 1 is 1.07 bits per heavy atom. The van der Waals surface area contributed by atoms with Gasteiger partial charge in [0.05, 0.1) is 16.6 Å². The van der Waals surface area contributed by atoms with Gasteiger partial charge >= 0.3 is 0 Å². The van der Waals surface area contributed by atoms with Gasteiger partial charge in [-0.2, -0.15) is 5.26 Å². The molecule has 3 rings (SSSR count). The van der Waals surface area contributed by atoms with Crippen LogP contribution in [0.3, 0.4) is 0 Å². The number of benzene rings is 3. The Morgan fingerprint density at radius 3 is 2.36 bits per heavy atom. The van der Waals surface area contributed by atoms with Gasteiger partial charge in [-0.3, -0.25) is 10.1 Å². The molecule has 3 aromatic carbocycles. The molecule has 28 heavy (non-hydrogen) atoms. The van der Waals surface area contributed by atoms with E-state index in [1.807, 2.05) is 0 Å². The summed E-state index contributed by atoms with van der Waals surface area (Å²) in [4.78, 5) is 10.2. The first-order valence-electron chi connectivity index (χ1n) is 8.40. The fraction of sp³-hybridized carbons (Fsp3) is 0.0455. The number of nitro groups is 1. The van der Waals surface area contributed by atoms with Crippen LogP contribution in [0.25, 0.3) is 11.6 Å². The zero-order chi connectivity index (χ0) is 19.9. The lowest BCUT2D eigenvalue weighted by atomic mass is 10.0. The summed E-state index contributed by atoms with van der Waals surface area (Å²) in [6.45, 7) is 0.119. The maximum absolute atomic E-state index is 13.6. The highest BCUT2D eigenvalue weighted by atomic mass is 19.1. The monoisotopic (exact) mass is 374 g/mol. The Hall–Kier alpha value is -3.98. The van der Waals surface area contributed by atoms with E-state index in [0.717, 1.165) is 5.56 Å². The van der Waals surface area contributed by atoms with Crippen LogP contribution in [0.1, 0.15) is 16.7 Å². The van der Waals surface area contributed by atoms with Crippen molar-refractivity contribution in [3.63, 3.8) is 0 Å². The van der Waals surface area contributed by atoms with E-state index in [-0.39, 0.29) is 18.1 Å². The molecule has 0 aliphatic rings. The van der Waals surface area contributed by atoms with Gasteiger partial charge in [0.2, 0.25) is 0 Å². The van der Waals surface area contributed by atoms with E-state index in [9.17, 15) is 19.8 Å². The molecule has 0 aromatic heterocycles. The van der Waals surface area contributed by atoms with E-state index in [4.69, 9.17) is 4.74 Å². The molecule has 0 N–H and O–H groups in total. The quantitative estimate of drug-likeness (QED) is 0.251. The second kappa shape index (κ2) is 8.60. The van der Waals surface area contributed by atoms with Gasteiger partial charge < -0.3 is 4.74 Å². The Balaban J connectivity index is 1.72. The van der Waals surface area contributed by atoms with E-state index in [1.165, 1.54) is 18.2 Å². The van der Waals surface area contributed by atoms with Crippen LogP contribution < -0.4 is 4.74 Å². The number of rotatable bonds is 6. The van der Waals surface area contributed by atoms with Gasteiger partial charge in [-0.1, -0.05) is 30.3 Å². The van der Waals surface area contributed by atoms with Crippen molar-refractivity contribution < 1.29 is 14.1 Å². The lowest BCUT2D eigenvalue weighted by Crippen LogP contribution is -1.98. The summed E-state index contributed by atoms with van der Waals surface area (Å²) in [5.41, 5.74) is 2.19. The van der Waals surface area contributed by atoms with Gasteiger partial charge in [0.15, 0.2) is 0 Å². The molecule has 0 fully saturated rings. The molecule has 6 heteroatoms. The van der Waals surface area contributed by atoms with Gasteiger partial charge in [-0.25, -0.2) is 4.39 Å². The SMILES string of the molecule is N#C/C(=C\c1ccc(OCc2ccccc2F)cc1)c1ccc([N+](=O)[O-])cc1. The van der Waals surface area contributed by atoms with Gasteiger partial charge in [0, 0.05) is 17.7 Å². The van der Waals surface area contributed by atoms with Crippen molar-refractivity contribution in [3.8, 4) is 11.8 Å². The summed E-state index contributed by atoms with van der Waals surface area (Å²) in [7, 11) is 0. The number of ether oxygens (including phenoxy) is 1. The molecular formula is C22H15FN2O3. The normalized spacial score (nSPS) is 10.9. The van der Waals surface area contributed by atoms with E-state index in [0.29, 0.717) is 22.4 Å². The predicted molar refractivity (Wildman–Crippen MR) is 104 cm³/mol. The fourth-order valence-electron chi connectivity index (χ4n) is 2.55. The van der Waals surface area contributed by atoms with Gasteiger partial charge in [0.1, 0.15) is 18.2 Å². The standard InChI is InChI=1S/C22H15FN2O3/c23-22-4-2-1-3-18(22)15-28-21-11-5-16(6-12-21)13-19(14-24)17-7-9-20(10-8-17)25(26)27/h1-13H,15H2/b19-13+. The summed E-state index contributed by atoms with van der Waals surface area (Å²) in [6.07, 6.45) is 1.68.